The van der Waals surface area contributed by atoms with Gasteiger partial charge in [0.1, 0.15) is 0 Å². The topological polar surface area (TPSA) is 19.0 Å². The van der Waals surface area contributed by atoms with Gasteiger partial charge in [-0.2, -0.15) is 0 Å². The minimum Gasteiger partial charge on any atom is -0.379 e. The summed E-state index contributed by atoms with van der Waals surface area (Å²) in [5, 5.41) is 0. The maximum atomic E-state index is 5.39. The second-order valence-electron chi connectivity index (χ2n) is 5.62. The molecule has 1 unspecified atom stereocenters. The molecule has 0 spiro atoms. The van der Waals surface area contributed by atoms with E-state index in [9.17, 15) is 0 Å². The van der Waals surface area contributed by atoms with Crippen molar-refractivity contribution in [3.63, 3.8) is 0 Å². The SMILES string of the molecule is CC(CN1CCOCC1)CN1CCN(C)CC1. The van der Waals surface area contributed by atoms with Gasteiger partial charge in [0.15, 0.2) is 0 Å². The molecule has 4 nitrogen and oxygen atoms in total. The van der Waals surface area contributed by atoms with Crippen molar-refractivity contribution < 1.29 is 4.74 Å². The molecule has 2 saturated heterocycles. The number of hydrogen-bond acceptors (Lipinski definition) is 4. The summed E-state index contributed by atoms with van der Waals surface area (Å²) in [4.78, 5) is 7.58. The molecule has 0 aromatic carbocycles. The second kappa shape index (κ2) is 6.69. The van der Waals surface area contributed by atoms with Crippen LogP contribution in [-0.2, 0) is 4.74 Å². The van der Waals surface area contributed by atoms with Crippen LogP contribution >= 0.6 is 0 Å². The van der Waals surface area contributed by atoms with E-state index in [1.807, 2.05) is 0 Å². The van der Waals surface area contributed by atoms with Crippen LogP contribution < -0.4 is 0 Å². The lowest BCUT2D eigenvalue weighted by Crippen LogP contribution is -2.47. The summed E-state index contributed by atoms with van der Waals surface area (Å²) < 4.78 is 5.39. The molecule has 17 heavy (non-hydrogen) atoms. The highest BCUT2D eigenvalue weighted by atomic mass is 16.5. The zero-order valence-corrected chi connectivity index (χ0v) is 11.4. The summed E-state index contributed by atoms with van der Waals surface area (Å²) >= 11 is 0. The van der Waals surface area contributed by atoms with Gasteiger partial charge in [-0.1, -0.05) is 6.92 Å². The minimum atomic E-state index is 0.775. The van der Waals surface area contributed by atoms with Crippen LogP contribution in [0.3, 0.4) is 0 Å². The Kier molecular flexibility index (Phi) is 5.22. The first-order valence-corrected chi connectivity index (χ1v) is 6.95. The molecule has 2 aliphatic rings. The third kappa shape index (κ3) is 4.54. The Labute approximate surface area is 105 Å². The van der Waals surface area contributed by atoms with E-state index in [1.54, 1.807) is 0 Å². The molecule has 2 rings (SSSR count). The zero-order chi connectivity index (χ0) is 12.1. The molecule has 0 N–H and O–H groups in total. The number of rotatable bonds is 4. The summed E-state index contributed by atoms with van der Waals surface area (Å²) in [5.74, 6) is 0.775. The Morgan fingerprint density at radius 1 is 0.882 bits per heavy atom. The van der Waals surface area contributed by atoms with Gasteiger partial charge in [-0.3, -0.25) is 4.90 Å². The quantitative estimate of drug-likeness (QED) is 0.700. The molecular formula is C13H27N3O. The summed E-state index contributed by atoms with van der Waals surface area (Å²) in [7, 11) is 2.22. The highest BCUT2D eigenvalue weighted by molar-refractivity contribution is 4.73. The van der Waals surface area contributed by atoms with Crippen LogP contribution in [0, 0.1) is 5.92 Å². The molecule has 0 aliphatic carbocycles. The van der Waals surface area contributed by atoms with E-state index in [0.717, 1.165) is 32.2 Å². The van der Waals surface area contributed by atoms with Crippen molar-refractivity contribution in [2.75, 3.05) is 72.6 Å². The van der Waals surface area contributed by atoms with Gasteiger partial charge in [-0.05, 0) is 13.0 Å². The lowest BCUT2D eigenvalue weighted by atomic mass is 10.1. The monoisotopic (exact) mass is 241 g/mol. The van der Waals surface area contributed by atoms with Gasteiger partial charge in [0.25, 0.3) is 0 Å². The highest BCUT2D eigenvalue weighted by Gasteiger charge is 2.18. The maximum absolute atomic E-state index is 5.39. The number of nitrogens with zero attached hydrogens (tertiary/aromatic N) is 3. The third-order valence-corrected chi connectivity index (χ3v) is 3.84. The van der Waals surface area contributed by atoms with Crippen molar-refractivity contribution in [2.45, 2.75) is 6.92 Å². The summed E-state index contributed by atoms with van der Waals surface area (Å²) in [5.41, 5.74) is 0. The normalized spacial score (nSPS) is 27.2. The van der Waals surface area contributed by atoms with E-state index in [2.05, 4.69) is 28.7 Å². The molecule has 4 heteroatoms. The number of hydrogen-bond donors (Lipinski definition) is 0. The Bertz CT molecular complexity index is 211. The maximum Gasteiger partial charge on any atom is 0.0594 e. The largest absolute Gasteiger partial charge is 0.379 e. The number of ether oxygens (including phenoxy) is 1. The Balaban J connectivity index is 1.64. The Morgan fingerprint density at radius 3 is 2.00 bits per heavy atom. The molecule has 0 saturated carbocycles. The van der Waals surface area contributed by atoms with Gasteiger partial charge in [0, 0.05) is 52.4 Å². The van der Waals surface area contributed by atoms with Gasteiger partial charge < -0.3 is 14.5 Å². The van der Waals surface area contributed by atoms with Gasteiger partial charge in [0.05, 0.1) is 13.2 Å². The average Bonchev–Trinajstić information content (AvgIpc) is 2.33. The van der Waals surface area contributed by atoms with Crippen molar-refractivity contribution in [1.82, 2.24) is 14.7 Å². The smallest absolute Gasteiger partial charge is 0.0594 e. The number of morpholine rings is 1. The molecular weight excluding hydrogens is 214 g/mol. The summed E-state index contributed by atoms with van der Waals surface area (Å²) in [6.45, 7) is 13.9. The van der Waals surface area contributed by atoms with Gasteiger partial charge in [-0.15, -0.1) is 0 Å². The van der Waals surface area contributed by atoms with E-state index < -0.39 is 0 Å². The first kappa shape index (κ1) is 13.3. The average molecular weight is 241 g/mol. The van der Waals surface area contributed by atoms with Crippen LogP contribution in [-0.4, -0.2) is 87.3 Å². The molecule has 0 aromatic heterocycles. The van der Waals surface area contributed by atoms with Crippen molar-refractivity contribution in [1.29, 1.82) is 0 Å². The standard InChI is InChI=1S/C13H27N3O/c1-13(12-16-7-9-17-10-8-16)11-15-5-3-14(2)4-6-15/h13H,3-12H2,1-2H3. The lowest BCUT2D eigenvalue weighted by Gasteiger charge is -2.35. The van der Waals surface area contributed by atoms with Crippen molar-refractivity contribution in [2.24, 2.45) is 5.92 Å². The Hall–Kier alpha value is -0.160. The fourth-order valence-electron chi connectivity index (χ4n) is 2.75. The van der Waals surface area contributed by atoms with Gasteiger partial charge in [0.2, 0.25) is 0 Å². The number of piperazine rings is 1. The molecule has 2 heterocycles. The van der Waals surface area contributed by atoms with Crippen LogP contribution in [0.5, 0.6) is 0 Å². The molecule has 0 bridgehead atoms. The van der Waals surface area contributed by atoms with E-state index in [0.29, 0.717) is 0 Å². The first-order chi connectivity index (χ1) is 8.24. The predicted octanol–water partition coefficient (Wildman–Crippen LogP) is 0.202. The van der Waals surface area contributed by atoms with Gasteiger partial charge in [-0.25, -0.2) is 0 Å². The number of likely N-dealkylation sites (N-methyl/N-ethyl adjacent to an activating group) is 1. The fraction of sp³-hybridized carbons (Fsp3) is 1.00. The minimum absolute atomic E-state index is 0.775. The van der Waals surface area contributed by atoms with E-state index >= 15 is 0 Å². The highest BCUT2D eigenvalue weighted by Crippen LogP contribution is 2.07. The predicted molar refractivity (Wildman–Crippen MR) is 70.4 cm³/mol. The van der Waals surface area contributed by atoms with E-state index in [1.165, 1.54) is 39.3 Å². The van der Waals surface area contributed by atoms with Crippen LogP contribution in [0.4, 0.5) is 0 Å². The molecule has 2 aliphatic heterocycles. The van der Waals surface area contributed by atoms with Crippen LogP contribution in [0.25, 0.3) is 0 Å². The lowest BCUT2D eigenvalue weighted by molar-refractivity contribution is 0.0275. The third-order valence-electron chi connectivity index (χ3n) is 3.84. The fourth-order valence-corrected chi connectivity index (χ4v) is 2.75. The van der Waals surface area contributed by atoms with Crippen LogP contribution in [0.2, 0.25) is 0 Å². The van der Waals surface area contributed by atoms with Crippen LogP contribution in [0.1, 0.15) is 6.92 Å². The molecule has 2 fully saturated rings. The van der Waals surface area contributed by atoms with Crippen LogP contribution in [0.15, 0.2) is 0 Å². The summed E-state index contributed by atoms with van der Waals surface area (Å²) in [6, 6.07) is 0. The van der Waals surface area contributed by atoms with E-state index in [4.69, 9.17) is 4.74 Å². The van der Waals surface area contributed by atoms with Crippen molar-refractivity contribution >= 4 is 0 Å². The molecule has 1 atom stereocenters. The molecule has 100 valence electrons. The second-order valence-corrected chi connectivity index (χ2v) is 5.62. The Morgan fingerprint density at radius 2 is 1.41 bits per heavy atom. The molecule has 0 amide bonds. The molecule has 0 radical (unpaired) electrons. The molecule has 0 aromatic rings. The first-order valence-electron chi connectivity index (χ1n) is 6.95. The summed E-state index contributed by atoms with van der Waals surface area (Å²) in [6.07, 6.45) is 0. The van der Waals surface area contributed by atoms with E-state index in [-0.39, 0.29) is 0 Å². The van der Waals surface area contributed by atoms with Crippen molar-refractivity contribution in [3.05, 3.63) is 0 Å². The van der Waals surface area contributed by atoms with Crippen molar-refractivity contribution in [3.8, 4) is 0 Å². The van der Waals surface area contributed by atoms with Gasteiger partial charge >= 0.3 is 0 Å². The zero-order valence-electron chi connectivity index (χ0n) is 11.4.